The van der Waals surface area contributed by atoms with Gasteiger partial charge in [0.25, 0.3) is 0 Å². The molecular weight excluding hydrogens is 164 g/mol. The SMILES string of the molecule is N=C(N)CSS(=O)(=O)O. The lowest BCUT2D eigenvalue weighted by Gasteiger charge is -1.91. The van der Waals surface area contributed by atoms with E-state index in [4.69, 9.17) is 15.7 Å². The van der Waals surface area contributed by atoms with E-state index < -0.39 is 9.15 Å². The second-order valence-electron chi connectivity index (χ2n) is 1.22. The van der Waals surface area contributed by atoms with Gasteiger partial charge in [-0.2, -0.15) is 8.42 Å². The highest BCUT2D eigenvalue weighted by molar-refractivity contribution is 8.70. The van der Waals surface area contributed by atoms with E-state index in [2.05, 4.69) is 0 Å². The molecule has 5 nitrogen and oxygen atoms in total. The van der Waals surface area contributed by atoms with Gasteiger partial charge in [0.2, 0.25) is 0 Å². The summed E-state index contributed by atoms with van der Waals surface area (Å²) in [6.07, 6.45) is 0. The summed E-state index contributed by atoms with van der Waals surface area (Å²) in [5.41, 5.74) is 4.79. The largest absolute Gasteiger partial charge is 0.387 e. The zero-order valence-electron chi connectivity index (χ0n) is 4.36. The van der Waals surface area contributed by atoms with Crippen LogP contribution in [0, 0.1) is 5.41 Å². The molecule has 0 fully saturated rings. The Bertz CT molecular complexity index is 196. The molecule has 0 rings (SSSR count). The highest BCUT2D eigenvalue weighted by Gasteiger charge is 2.04. The zero-order chi connectivity index (χ0) is 7.49. The maximum Gasteiger partial charge on any atom is 0.320 e. The van der Waals surface area contributed by atoms with Crippen molar-refractivity contribution >= 4 is 25.8 Å². The molecule has 0 heterocycles. The van der Waals surface area contributed by atoms with Crippen LogP contribution in [-0.2, 0) is 9.15 Å². The van der Waals surface area contributed by atoms with Gasteiger partial charge < -0.3 is 5.73 Å². The summed E-state index contributed by atoms with van der Waals surface area (Å²) in [5, 5.41) is 6.56. The molecule has 0 bridgehead atoms. The Hall–Kier alpha value is -0.270. The van der Waals surface area contributed by atoms with Crippen molar-refractivity contribution in [2.24, 2.45) is 5.73 Å². The summed E-state index contributed by atoms with van der Waals surface area (Å²) >= 11 is 0. The van der Waals surface area contributed by atoms with Crippen molar-refractivity contribution in [1.82, 2.24) is 0 Å². The molecule has 4 N–H and O–H groups in total. The Morgan fingerprint density at radius 2 is 2.22 bits per heavy atom. The standard InChI is InChI=1S/C2H6N2O3S2/c3-2(4)1-8-9(5,6)7/h1H2,(H3,3,4)(H,5,6,7). The molecule has 0 saturated heterocycles. The van der Waals surface area contributed by atoms with E-state index >= 15 is 0 Å². The summed E-state index contributed by atoms with van der Waals surface area (Å²) in [4.78, 5) is 0. The summed E-state index contributed by atoms with van der Waals surface area (Å²) in [6.45, 7) is 0. The predicted octanol–water partition coefficient (Wildman–Crippen LogP) is -0.542. The number of nitrogens with one attached hydrogen (secondary N) is 1. The molecule has 7 heteroatoms. The molecule has 0 aromatic rings. The topological polar surface area (TPSA) is 104 Å². The Labute approximate surface area is 56.3 Å². The molecule has 0 atom stereocenters. The van der Waals surface area contributed by atoms with Gasteiger partial charge in [0.15, 0.2) is 0 Å². The number of rotatable bonds is 3. The van der Waals surface area contributed by atoms with Gasteiger partial charge in [0, 0.05) is 10.8 Å². The van der Waals surface area contributed by atoms with Crippen LogP contribution in [-0.4, -0.2) is 24.6 Å². The molecule has 0 aromatic carbocycles. The van der Waals surface area contributed by atoms with Crippen molar-refractivity contribution in [1.29, 1.82) is 5.41 Å². The minimum absolute atomic E-state index is 0.196. The molecule has 0 radical (unpaired) electrons. The monoisotopic (exact) mass is 170 g/mol. The van der Waals surface area contributed by atoms with E-state index in [1.54, 1.807) is 0 Å². The Balaban J connectivity index is 3.67. The van der Waals surface area contributed by atoms with Crippen LogP contribution in [0.25, 0.3) is 0 Å². The molecule has 0 unspecified atom stereocenters. The van der Waals surface area contributed by atoms with Gasteiger partial charge in [0.1, 0.15) is 5.84 Å². The Morgan fingerprint density at radius 3 is 2.33 bits per heavy atom. The molecule has 0 amide bonds. The summed E-state index contributed by atoms with van der Waals surface area (Å²) in [7, 11) is -3.80. The lowest BCUT2D eigenvalue weighted by Crippen LogP contribution is -2.13. The average molecular weight is 170 g/mol. The van der Waals surface area contributed by atoms with Gasteiger partial charge in [-0.25, -0.2) is 0 Å². The molecule has 0 aliphatic carbocycles. The van der Waals surface area contributed by atoms with E-state index in [0.717, 1.165) is 0 Å². The van der Waals surface area contributed by atoms with Crippen molar-refractivity contribution in [2.75, 3.05) is 5.75 Å². The van der Waals surface area contributed by atoms with E-state index in [9.17, 15) is 8.42 Å². The van der Waals surface area contributed by atoms with Crippen molar-refractivity contribution in [2.45, 2.75) is 0 Å². The fraction of sp³-hybridized carbons (Fsp3) is 0.500. The highest BCUT2D eigenvalue weighted by Crippen LogP contribution is 2.06. The molecule has 0 saturated carbocycles. The molecule has 54 valence electrons. The summed E-state index contributed by atoms with van der Waals surface area (Å²) in [5.74, 6) is -0.476. The van der Waals surface area contributed by atoms with Gasteiger partial charge in [-0.05, 0) is 0 Å². The Kier molecular flexibility index (Phi) is 2.95. The van der Waals surface area contributed by atoms with Crippen LogP contribution in [0.5, 0.6) is 0 Å². The van der Waals surface area contributed by atoms with Gasteiger partial charge in [-0.3, -0.25) is 9.96 Å². The number of nitrogens with two attached hydrogens (primary N) is 1. The van der Waals surface area contributed by atoms with E-state index in [0.29, 0.717) is 0 Å². The highest BCUT2D eigenvalue weighted by atomic mass is 33.1. The first-order chi connectivity index (χ1) is 3.92. The lowest BCUT2D eigenvalue weighted by molar-refractivity contribution is 0.503. The molecule has 0 aromatic heterocycles. The van der Waals surface area contributed by atoms with Gasteiger partial charge in [0.05, 0.1) is 5.75 Å². The maximum absolute atomic E-state index is 9.90. The maximum atomic E-state index is 9.90. The third kappa shape index (κ3) is 7.73. The van der Waals surface area contributed by atoms with Crippen LogP contribution in [0.15, 0.2) is 0 Å². The van der Waals surface area contributed by atoms with Crippen LogP contribution in [0.2, 0.25) is 0 Å². The van der Waals surface area contributed by atoms with Gasteiger partial charge >= 0.3 is 9.15 Å². The number of hydrogen-bond donors (Lipinski definition) is 3. The quantitative estimate of drug-likeness (QED) is 0.228. The smallest absolute Gasteiger partial charge is 0.320 e. The van der Waals surface area contributed by atoms with Crippen molar-refractivity contribution < 1.29 is 13.0 Å². The third-order valence-corrected chi connectivity index (χ3v) is 2.34. The predicted molar refractivity (Wildman–Crippen MR) is 35.9 cm³/mol. The van der Waals surface area contributed by atoms with Crippen LogP contribution in [0.1, 0.15) is 0 Å². The number of hydrogen-bond acceptors (Lipinski definition) is 4. The van der Waals surface area contributed by atoms with Crippen LogP contribution in [0.3, 0.4) is 0 Å². The fourth-order valence-corrected chi connectivity index (χ4v) is 1.24. The van der Waals surface area contributed by atoms with Crippen molar-refractivity contribution in [3.05, 3.63) is 0 Å². The van der Waals surface area contributed by atoms with Gasteiger partial charge in [-0.15, -0.1) is 0 Å². The zero-order valence-corrected chi connectivity index (χ0v) is 6.00. The molecule has 0 aliphatic rings. The minimum atomic E-state index is -4.02. The minimum Gasteiger partial charge on any atom is -0.387 e. The third-order valence-electron chi connectivity index (χ3n) is 0.363. The van der Waals surface area contributed by atoms with Crippen LogP contribution in [0.4, 0.5) is 0 Å². The van der Waals surface area contributed by atoms with Crippen LogP contribution < -0.4 is 5.73 Å². The summed E-state index contributed by atoms with van der Waals surface area (Å²) in [6, 6.07) is 0. The van der Waals surface area contributed by atoms with E-state index in [1.807, 2.05) is 0 Å². The molecular formula is C2H6N2O3S2. The first kappa shape index (κ1) is 8.73. The lowest BCUT2D eigenvalue weighted by atomic mass is 10.7. The summed E-state index contributed by atoms with van der Waals surface area (Å²) < 4.78 is 27.9. The first-order valence-corrected chi connectivity index (χ1v) is 4.81. The molecule has 9 heavy (non-hydrogen) atoms. The first-order valence-electron chi connectivity index (χ1n) is 1.86. The number of amidine groups is 1. The van der Waals surface area contributed by atoms with Crippen molar-refractivity contribution in [3.63, 3.8) is 0 Å². The molecule has 0 aliphatic heterocycles. The van der Waals surface area contributed by atoms with Crippen LogP contribution >= 0.6 is 10.8 Å². The van der Waals surface area contributed by atoms with Gasteiger partial charge in [-0.1, -0.05) is 0 Å². The fourth-order valence-electron chi connectivity index (χ4n) is 0.138. The van der Waals surface area contributed by atoms with Crippen molar-refractivity contribution in [3.8, 4) is 0 Å². The average Bonchev–Trinajstić information content (AvgIpc) is 1.59. The van der Waals surface area contributed by atoms with E-state index in [-0.39, 0.29) is 22.4 Å². The second kappa shape index (κ2) is 3.04. The molecule has 0 spiro atoms. The second-order valence-corrected chi connectivity index (χ2v) is 4.57. The van der Waals surface area contributed by atoms with E-state index in [1.165, 1.54) is 0 Å². The Morgan fingerprint density at radius 1 is 1.78 bits per heavy atom. The normalized spacial score (nSPS) is 11.2.